The molecule has 0 saturated carbocycles. The minimum atomic E-state index is -3.41. The van der Waals surface area contributed by atoms with Crippen molar-refractivity contribution < 1.29 is 22.7 Å². The van der Waals surface area contributed by atoms with Gasteiger partial charge in [0.1, 0.15) is 12.1 Å². The fourth-order valence-electron chi connectivity index (χ4n) is 5.94. The third-order valence-electron chi connectivity index (χ3n) is 8.57. The van der Waals surface area contributed by atoms with Crippen molar-refractivity contribution in [3.63, 3.8) is 0 Å². The Labute approximate surface area is 254 Å². The Hall–Kier alpha value is -2.86. The number of unbranched alkanes of at least 4 members (excludes halogenated alkanes) is 5. The van der Waals surface area contributed by atoms with E-state index in [-0.39, 0.29) is 18.5 Å². The van der Waals surface area contributed by atoms with E-state index in [1.807, 2.05) is 30.9 Å². The number of carbonyl (C=O) groups excluding carboxylic acids is 2. The topological polar surface area (TPSA) is 90.5 Å². The molecule has 0 bridgehead atoms. The molecule has 0 unspecified atom stereocenters. The summed E-state index contributed by atoms with van der Waals surface area (Å²) in [7, 11) is -3.41. The van der Waals surface area contributed by atoms with Gasteiger partial charge >= 0.3 is 5.97 Å². The number of sulfonamides is 1. The van der Waals surface area contributed by atoms with Crippen LogP contribution in [-0.2, 0) is 26.2 Å². The second-order valence-corrected chi connectivity index (χ2v) is 14.0. The van der Waals surface area contributed by atoms with Crippen molar-refractivity contribution in [3.05, 3.63) is 59.7 Å². The number of hydrogen-bond donors (Lipinski definition) is 0. The largest absolute Gasteiger partial charge is 0.457 e. The Morgan fingerprint density at radius 3 is 2.19 bits per heavy atom. The summed E-state index contributed by atoms with van der Waals surface area (Å²) < 4.78 is 32.4. The van der Waals surface area contributed by atoms with Crippen LogP contribution < -0.4 is 4.90 Å². The zero-order valence-electron chi connectivity index (χ0n) is 24.5. The molecule has 3 aliphatic heterocycles. The monoisotopic (exact) mass is 612 g/mol. The number of nitrogens with zero attached hydrogens (tertiary/aromatic N) is 4. The van der Waals surface area contributed by atoms with Gasteiger partial charge in [0.2, 0.25) is 10.0 Å². The quantitative estimate of drug-likeness (QED) is 0.198. The number of rotatable bonds is 12. The van der Waals surface area contributed by atoms with Crippen LogP contribution in [0.15, 0.2) is 53.4 Å². The van der Waals surface area contributed by atoms with Crippen molar-refractivity contribution in [3.8, 4) is 0 Å². The number of cyclic esters (lactones) is 1. The van der Waals surface area contributed by atoms with Crippen LogP contribution in [0.25, 0.3) is 0 Å². The maximum absolute atomic E-state index is 13.3. The van der Waals surface area contributed by atoms with Crippen molar-refractivity contribution in [2.75, 3.05) is 44.2 Å². The molecule has 0 spiro atoms. The predicted molar refractivity (Wildman–Crippen MR) is 166 cm³/mol. The number of benzene rings is 2. The van der Waals surface area contributed by atoms with Gasteiger partial charge in [-0.05, 0) is 75.8 Å². The molecule has 2 saturated heterocycles. The number of ether oxygens (including phenoxy) is 1. The number of amides is 1. The molecule has 0 aliphatic carbocycles. The van der Waals surface area contributed by atoms with Crippen LogP contribution >= 0.6 is 12.2 Å². The molecule has 3 heterocycles. The highest BCUT2D eigenvalue weighted by Crippen LogP contribution is 2.34. The van der Waals surface area contributed by atoms with E-state index < -0.39 is 15.6 Å². The molecule has 1 amide bonds. The molecule has 11 heteroatoms. The van der Waals surface area contributed by atoms with Crippen molar-refractivity contribution in [2.24, 2.45) is 0 Å². The lowest BCUT2D eigenvalue weighted by Crippen LogP contribution is -2.48. The molecule has 0 N–H and O–H groups in total. The first-order chi connectivity index (χ1) is 20.1. The zero-order valence-corrected chi connectivity index (χ0v) is 26.1. The first-order valence-corrected chi connectivity index (χ1v) is 16.7. The lowest BCUT2D eigenvalue weighted by atomic mass is 10.0. The van der Waals surface area contributed by atoms with E-state index in [2.05, 4.69) is 4.90 Å². The molecular formula is C31H40N4O5S2. The minimum absolute atomic E-state index is 0.0591. The van der Waals surface area contributed by atoms with Gasteiger partial charge in [-0.3, -0.25) is 9.69 Å². The summed E-state index contributed by atoms with van der Waals surface area (Å²) in [5.41, 5.74) is 1.27. The van der Waals surface area contributed by atoms with Gasteiger partial charge < -0.3 is 14.5 Å². The Morgan fingerprint density at radius 1 is 0.857 bits per heavy atom. The van der Waals surface area contributed by atoms with E-state index in [1.54, 1.807) is 45.6 Å². The van der Waals surface area contributed by atoms with Crippen molar-refractivity contribution in [1.82, 2.24) is 14.1 Å². The smallest absolute Gasteiger partial charge is 0.338 e. The van der Waals surface area contributed by atoms with Crippen LogP contribution in [-0.4, -0.2) is 84.3 Å². The summed E-state index contributed by atoms with van der Waals surface area (Å²) in [6.45, 7) is 8.37. The van der Waals surface area contributed by atoms with Crippen LogP contribution in [0.2, 0.25) is 0 Å². The van der Waals surface area contributed by atoms with Gasteiger partial charge in [-0.15, -0.1) is 0 Å². The lowest BCUT2D eigenvalue weighted by Gasteiger charge is -2.34. The Balaban J connectivity index is 0.992. The molecule has 0 aromatic heterocycles. The number of thiocarbonyl (C=S) groups is 1. The molecule has 2 aromatic carbocycles. The average Bonchev–Trinajstić information content (AvgIpc) is 3.43. The van der Waals surface area contributed by atoms with Crippen LogP contribution in [0.4, 0.5) is 5.69 Å². The van der Waals surface area contributed by atoms with Crippen molar-refractivity contribution in [1.29, 1.82) is 0 Å². The molecular weight excluding hydrogens is 572 g/mol. The number of esters is 1. The van der Waals surface area contributed by atoms with E-state index in [9.17, 15) is 18.0 Å². The second-order valence-electron chi connectivity index (χ2n) is 11.7. The fraction of sp³-hybridized carbons (Fsp3) is 0.516. The Morgan fingerprint density at radius 2 is 1.50 bits per heavy atom. The SMILES string of the molecule is CC1(C)C(=O)N(c2ccc3c(c2)COC3=O)C(=S)N1CCCCCCCCN1CCN(S(=O)(=O)c2ccccc2)CC1. The van der Waals surface area contributed by atoms with Crippen molar-refractivity contribution >= 4 is 44.9 Å². The zero-order chi connectivity index (χ0) is 29.9. The van der Waals surface area contributed by atoms with Crippen molar-refractivity contribution in [2.45, 2.75) is 69.4 Å². The fourth-order valence-corrected chi connectivity index (χ4v) is 7.90. The van der Waals surface area contributed by atoms with Gasteiger partial charge in [-0.25, -0.2) is 13.2 Å². The highest BCUT2D eigenvalue weighted by atomic mass is 32.2. The number of hydrogen-bond acceptors (Lipinski definition) is 7. The van der Waals surface area contributed by atoms with E-state index in [4.69, 9.17) is 17.0 Å². The molecule has 2 fully saturated rings. The Bertz CT molecular complexity index is 1420. The molecule has 5 rings (SSSR count). The van der Waals surface area contributed by atoms with Gasteiger partial charge in [0.15, 0.2) is 5.11 Å². The summed E-state index contributed by atoms with van der Waals surface area (Å²) in [6.07, 6.45) is 6.55. The van der Waals surface area contributed by atoms with E-state index in [1.165, 1.54) is 0 Å². The number of anilines is 1. The summed E-state index contributed by atoms with van der Waals surface area (Å²) in [5.74, 6) is -0.389. The highest BCUT2D eigenvalue weighted by molar-refractivity contribution is 7.89. The normalized spacial score (nSPS) is 19.4. The first kappa shape index (κ1) is 30.6. The maximum atomic E-state index is 13.3. The van der Waals surface area contributed by atoms with Gasteiger partial charge in [-0.1, -0.05) is 43.9 Å². The average molecular weight is 613 g/mol. The van der Waals surface area contributed by atoms with Gasteiger partial charge in [-0.2, -0.15) is 4.31 Å². The molecule has 2 aromatic rings. The summed E-state index contributed by atoms with van der Waals surface area (Å²) in [5, 5.41) is 0.506. The molecule has 3 aliphatic rings. The molecule has 9 nitrogen and oxygen atoms in total. The molecule has 0 radical (unpaired) electrons. The van der Waals surface area contributed by atoms with Gasteiger partial charge in [0.25, 0.3) is 5.91 Å². The van der Waals surface area contributed by atoms with Gasteiger partial charge in [0.05, 0.1) is 16.1 Å². The highest BCUT2D eigenvalue weighted by Gasteiger charge is 2.49. The third kappa shape index (κ3) is 6.24. The standard InChI is InChI=1S/C31H40N4O5S2/c1-31(2)29(37)35(25-14-15-27-24(22-25)23-40-28(27)36)30(41)34(31)17-11-6-4-3-5-10-16-32-18-20-33(21-19-32)42(38,39)26-12-8-7-9-13-26/h7-9,12-15,22H,3-6,10-11,16-21,23H2,1-2H3. The summed E-state index contributed by atoms with van der Waals surface area (Å²) in [6, 6.07) is 14.0. The van der Waals surface area contributed by atoms with Crippen LogP contribution in [0.3, 0.4) is 0 Å². The lowest BCUT2D eigenvalue weighted by molar-refractivity contribution is -0.123. The van der Waals surface area contributed by atoms with E-state index in [0.717, 1.165) is 70.3 Å². The molecule has 42 heavy (non-hydrogen) atoms. The van der Waals surface area contributed by atoms with E-state index in [0.29, 0.717) is 34.3 Å². The molecule has 0 atom stereocenters. The second kappa shape index (κ2) is 12.8. The van der Waals surface area contributed by atoms with E-state index >= 15 is 0 Å². The molecule has 226 valence electrons. The number of fused-ring (bicyclic) bond motifs is 1. The van der Waals surface area contributed by atoms with Crippen LogP contribution in [0.5, 0.6) is 0 Å². The Kier molecular flexibility index (Phi) is 9.31. The summed E-state index contributed by atoms with van der Waals surface area (Å²) in [4.78, 5) is 31.5. The minimum Gasteiger partial charge on any atom is -0.457 e. The number of carbonyl (C=O) groups is 2. The third-order valence-corrected chi connectivity index (χ3v) is 10.9. The maximum Gasteiger partial charge on any atom is 0.338 e. The van der Waals surface area contributed by atoms with Crippen LogP contribution in [0, 0.1) is 0 Å². The number of piperazine rings is 1. The summed E-state index contributed by atoms with van der Waals surface area (Å²) >= 11 is 5.76. The van der Waals surface area contributed by atoms with Crippen LogP contribution in [0.1, 0.15) is 68.3 Å². The van der Waals surface area contributed by atoms with Gasteiger partial charge in [0, 0.05) is 38.3 Å². The predicted octanol–water partition coefficient (Wildman–Crippen LogP) is 4.42. The first-order valence-electron chi connectivity index (χ1n) is 14.8.